The molecule has 0 spiro atoms. The van der Waals surface area contributed by atoms with Gasteiger partial charge < -0.3 is 10.5 Å². The molecule has 18 heavy (non-hydrogen) atoms. The molecule has 0 aromatic heterocycles. The van der Waals surface area contributed by atoms with Crippen LogP contribution in [0.5, 0.6) is 0 Å². The maximum atomic E-state index is 13.0. The van der Waals surface area contributed by atoms with Crippen LogP contribution in [-0.2, 0) is 4.74 Å². The molecule has 108 valence electrons. The highest BCUT2D eigenvalue weighted by Gasteiger charge is 2.46. The van der Waals surface area contributed by atoms with Crippen LogP contribution in [-0.4, -0.2) is 49.0 Å². The third-order valence-corrected chi connectivity index (χ3v) is 3.19. The fourth-order valence-electron chi connectivity index (χ4n) is 2.48. The lowest BCUT2D eigenvalue weighted by Gasteiger charge is -2.40. The van der Waals surface area contributed by atoms with Gasteiger partial charge in [0.05, 0.1) is 6.10 Å². The Morgan fingerprint density at radius 3 is 2.61 bits per heavy atom. The quantitative estimate of drug-likeness (QED) is 0.830. The van der Waals surface area contributed by atoms with Crippen molar-refractivity contribution in [1.29, 1.82) is 0 Å². The van der Waals surface area contributed by atoms with Gasteiger partial charge in [0.2, 0.25) is 0 Å². The number of alkyl halides is 3. The van der Waals surface area contributed by atoms with Crippen LogP contribution >= 0.6 is 0 Å². The molecule has 0 amide bonds. The molecule has 1 aliphatic heterocycles. The van der Waals surface area contributed by atoms with Crippen molar-refractivity contribution in [1.82, 2.24) is 4.90 Å². The summed E-state index contributed by atoms with van der Waals surface area (Å²) in [6.07, 6.45) is -1.93. The van der Waals surface area contributed by atoms with Crippen molar-refractivity contribution in [2.45, 2.75) is 57.5 Å². The van der Waals surface area contributed by atoms with Crippen molar-refractivity contribution in [3.05, 3.63) is 0 Å². The van der Waals surface area contributed by atoms with Gasteiger partial charge in [-0.15, -0.1) is 0 Å². The molecule has 0 aromatic carbocycles. The summed E-state index contributed by atoms with van der Waals surface area (Å²) in [5.41, 5.74) is 5.50. The number of rotatable bonds is 5. The molecule has 1 fully saturated rings. The third kappa shape index (κ3) is 4.40. The summed E-state index contributed by atoms with van der Waals surface area (Å²) in [6, 6.07) is -2.49. The minimum absolute atomic E-state index is 0.0951. The van der Waals surface area contributed by atoms with E-state index in [0.717, 1.165) is 19.3 Å². The zero-order valence-electron chi connectivity index (χ0n) is 11.0. The molecule has 0 radical (unpaired) electrons. The Hall–Kier alpha value is -0.330. The van der Waals surface area contributed by atoms with Gasteiger partial charge in [0.25, 0.3) is 0 Å². The third-order valence-electron chi connectivity index (χ3n) is 3.19. The Balaban J connectivity index is 2.62. The van der Waals surface area contributed by atoms with E-state index in [0.29, 0.717) is 19.7 Å². The molecule has 3 nitrogen and oxygen atoms in total. The monoisotopic (exact) mass is 268 g/mol. The van der Waals surface area contributed by atoms with Gasteiger partial charge in [-0.2, -0.15) is 13.2 Å². The molecule has 1 aliphatic rings. The number of halogens is 3. The van der Waals surface area contributed by atoms with E-state index >= 15 is 0 Å². The maximum Gasteiger partial charge on any atom is 0.405 e. The fourth-order valence-corrected chi connectivity index (χ4v) is 2.48. The van der Waals surface area contributed by atoms with Crippen LogP contribution in [0.3, 0.4) is 0 Å². The highest BCUT2D eigenvalue weighted by atomic mass is 19.4. The lowest BCUT2D eigenvalue weighted by Crippen LogP contribution is -2.58. The first-order valence-corrected chi connectivity index (χ1v) is 6.54. The maximum absolute atomic E-state index is 13.0. The predicted molar refractivity (Wildman–Crippen MR) is 64.3 cm³/mol. The van der Waals surface area contributed by atoms with Gasteiger partial charge in [-0.1, -0.05) is 6.92 Å². The Labute approximate surface area is 106 Å². The predicted octanol–water partition coefficient (Wildman–Crippen LogP) is 2.16. The summed E-state index contributed by atoms with van der Waals surface area (Å²) in [5.74, 6) is 0. The van der Waals surface area contributed by atoms with Crippen LogP contribution in [0.2, 0.25) is 0 Å². The van der Waals surface area contributed by atoms with Crippen LogP contribution < -0.4 is 5.73 Å². The molecule has 2 N–H and O–H groups in total. The summed E-state index contributed by atoms with van der Waals surface area (Å²) in [5, 5.41) is 0. The van der Waals surface area contributed by atoms with Gasteiger partial charge in [-0.3, -0.25) is 4.90 Å². The van der Waals surface area contributed by atoms with Crippen molar-refractivity contribution in [3.8, 4) is 0 Å². The van der Waals surface area contributed by atoms with E-state index in [1.807, 2.05) is 6.92 Å². The van der Waals surface area contributed by atoms with Gasteiger partial charge in [0.15, 0.2) is 0 Å². The molecule has 3 unspecified atom stereocenters. The van der Waals surface area contributed by atoms with E-state index in [9.17, 15) is 13.2 Å². The first kappa shape index (κ1) is 15.7. The Kier molecular flexibility index (Phi) is 5.88. The standard InChI is InChI=1S/C12H23F3N2O/c1-3-7-18-10-5-4-6-17(8-10)11(9(2)16)12(13,14)15/h9-11H,3-8,16H2,1-2H3. The number of nitrogens with two attached hydrogens (primary N) is 1. The summed E-state index contributed by atoms with van der Waals surface area (Å²) >= 11 is 0. The van der Waals surface area contributed by atoms with Crippen molar-refractivity contribution < 1.29 is 17.9 Å². The number of hydrogen-bond donors (Lipinski definition) is 1. The van der Waals surface area contributed by atoms with Crippen LogP contribution in [0, 0.1) is 0 Å². The van der Waals surface area contributed by atoms with Gasteiger partial charge >= 0.3 is 6.18 Å². The van der Waals surface area contributed by atoms with E-state index in [4.69, 9.17) is 10.5 Å². The molecule has 3 atom stereocenters. The van der Waals surface area contributed by atoms with Gasteiger partial charge in [0.1, 0.15) is 6.04 Å². The van der Waals surface area contributed by atoms with Gasteiger partial charge in [-0.05, 0) is 32.7 Å². The van der Waals surface area contributed by atoms with Crippen molar-refractivity contribution in [3.63, 3.8) is 0 Å². The molecule has 1 saturated heterocycles. The summed E-state index contributed by atoms with van der Waals surface area (Å²) in [7, 11) is 0. The Morgan fingerprint density at radius 2 is 2.11 bits per heavy atom. The molecule has 0 bridgehead atoms. The summed E-state index contributed by atoms with van der Waals surface area (Å²) in [6.45, 7) is 4.77. The fraction of sp³-hybridized carbons (Fsp3) is 1.00. The lowest BCUT2D eigenvalue weighted by atomic mass is 10.0. The molecule has 0 aromatic rings. The van der Waals surface area contributed by atoms with Crippen molar-refractivity contribution in [2.75, 3.05) is 19.7 Å². The van der Waals surface area contributed by atoms with Gasteiger partial charge in [-0.25, -0.2) is 0 Å². The molecule has 1 rings (SSSR count). The highest BCUT2D eigenvalue weighted by Crippen LogP contribution is 2.29. The molecule has 0 aliphatic carbocycles. The first-order valence-electron chi connectivity index (χ1n) is 6.54. The second-order valence-corrected chi connectivity index (χ2v) is 4.98. The van der Waals surface area contributed by atoms with E-state index in [1.54, 1.807) is 0 Å². The van der Waals surface area contributed by atoms with E-state index in [2.05, 4.69) is 0 Å². The average Bonchev–Trinajstić information content (AvgIpc) is 2.24. The zero-order valence-corrected chi connectivity index (χ0v) is 11.0. The van der Waals surface area contributed by atoms with E-state index in [-0.39, 0.29) is 6.10 Å². The summed E-state index contributed by atoms with van der Waals surface area (Å²) < 4.78 is 44.5. The number of hydrogen-bond acceptors (Lipinski definition) is 3. The molecule has 0 saturated carbocycles. The van der Waals surface area contributed by atoms with E-state index < -0.39 is 18.3 Å². The number of nitrogens with zero attached hydrogens (tertiary/aromatic N) is 1. The largest absolute Gasteiger partial charge is 0.405 e. The Morgan fingerprint density at radius 1 is 1.44 bits per heavy atom. The molecular weight excluding hydrogens is 245 g/mol. The van der Waals surface area contributed by atoms with Crippen LogP contribution in [0.1, 0.15) is 33.1 Å². The zero-order chi connectivity index (χ0) is 13.8. The molecule has 6 heteroatoms. The van der Waals surface area contributed by atoms with E-state index in [1.165, 1.54) is 11.8 Å². The van der Waals surface area contributed by atoms with Crippen molar-refractivity contribution >= 4 is 0 Å². The SMILES string of the molecule is CCCOC1CCCN(C(C(C)N)C(F)(F)F)C1. The first-order chi connectivity index (χ1) is 8.36. The highest BCUT2D eigenvalue weighted by molar-refractivity contribution is 4.89. The number of ether oxygens (including phenoxy) is 1. The topological polar surface area (TPSA) is 38.5 Å². The van der Waals surface area contributed by atoms with Crippen LogP contribution in [0.15, 0.2) is 0 Å². The Bertz CT molecular complexity index is 246. The minimum Gasteiger partial charge on any atom is -0.377 e. The van der Waals surface area contributed by atoms with Crippen LogP contribution in [0.4, 0.5) is 13.2 Å². The smallest absolute Gasteiger partial charge is 0.377 e. The van der Waals surface area contributed by atoms with Crippen LogP contribution in [0.25, 0.3) is 0 Å². The molecular formula is C12H23F3N2O. The van der Waals surface area contributed by atoms with Gasteiger partial charge in [0, 0.05) is 19.2 Å². The van der Waals surface area contributed by atoms with Crippen molar-refractivity contribution in [2.24, 2.45) is 5.73 Å². The normalized spacial score (nSPS) is 26.0. The average molecular weight is 268 g/mol. The second-order valence-electron chi connectivity index (χ2n) is 4.98. The minimum atomic E-state index is -4.28. The summed E-state index contributed by atoms with van der Waals surface area (Å²) in [4.78, 5) is 1.43. The molecule has 1 heterocycles. The number of piperidine rings is 1. The number of likely N-dealkylation sites (tertiary alicyclic amines) is 1. The lowest BCUT2D eigenvalue weighted by molar-refractivity contribution is -0.195. The second kappa shape index (κ2) is 6.73.